The van der Waals surface area contributed by atoms with Gasteiger partial charge in [-0.05, 0) is 35.2 Å². The van der Waals surface area contributed by atoms with Crippen LogP contribution in [0, 0.1) is 5.92 Å². The molecule has 182 valence electrons. The van der Waals surface area contributed by atoms with E-state index in [1.165, 1.54) is 0 Å². The summed E-state index contributed by atoms with van der Waals surface area (Å²) >= 11 is 0. The third-order valence-electron chi connectivity index (χ3n) is 5.86. The van der Waals surface area contributed by atoms with Crippen LogP contribution in [0.3, 0.4) is 0 Å². The molecule has 0 spiro atoms. The number of nitrogens with one attached hydrogen (secondary N) is 3. The molecular formula is C28H31N3O4. The Morgan fingerprint density at radius 2 is 1.43 bits per heavy atom. The predicted octanol–water partition coefficient (Wildman–Crippen LogP) is 3.03. The molecule has 0 aromatic heterocycles. The molecule has 3 N–H and O–H groups in total. The van der Waals surface area contributed by atoms with Crippen LogP contribution in [0.15, 0.2) is 72.8 Å². The molecule has 3 aromatic rings. The second-order valence-electron chi connectivity index (χ2n) is 8.89. The first kappa shape index (κ1) is 25.6. The molecule has 3 rings (SSSR count). The molecule has 35 heavy (non-hydrogen) atoms. The fraction of sp³-hybridized carbons (Fsp3) is 0.286. The lowest BCUT2D eigenvalue weighted by Crippen LogP contribution is -2.55. The van der Waals surface area contributed by atoms with E-state index in [1.807, 2.05) is 74.5 Å². The molecule has 0 aliphatic carbocycles. The first-order valence-electron chi connectivity index (χ1n) is 11.7. The van der Waals surface area contributed by atoms with Crippen LogP contribution in [0.4, 0.5) is 0 Å². The van der Waals surface area contributed by atoms with Crippen LogP contribution in [0.2, 0.25) is 0 Å². The minimum absolute atomic E-state index is 0.0786. The quantitative estimate of drug-likeness (QED) is 0.394. The molecule has 3 atom stereocenters. The number of carbonyl (C=O) groups is 4. The van der Waals surface area contributed by atoms with Crippen molar-refractivity contribution in [2.45, 2.75) is 45.3 Å². The summed E-state index contributed by atoms with van der Waals surface area (Å²) in [6.45, 7) is 5.18. The van der Waals surface area contributed by atoms with Crippen LogP contribution in [0.1, 0.15) is 36.7 Å². The van der Waals surface area contributed by atoms with Gasteiger partial charge in [0, 0.05) is 12.0 Å². The van der Waals surface area contributed by atoms with Gasteiger partial charge < -0.3 is 20.7 Å². The SMILES string of the molecule is CC(C)[C@@H](C=O)NC(=O)[C@H](C)NC(=O)[C@H](Cc1ccccc1)NC(=O)c1cccc2ccccc12. The van der Waals surface area contributed by atoms with Gasteiger partial charge in [0.05, 0.1) is 6.04 Å². The molecule has 0 aliphatic heterocycles. The van der Waals surface area contributed by atoms with Crippen LogP contribution in [0.25, 0.3) is 10.8 Å². The lowest BCUT2D eigenvalue weighted by molar-refractivity contribution is -0.130. The van der Waals surface area contributed by atoms with E-state index in [9.17, 15) is 19.2 Å². The number of amides is 3. The van der Waals surface area contributed by atoms with Crippen LogP contribution in [-0.2, 0) is 20.8 Å². The summed E-state index contributed by atoms with van der Waals surface area (Å²) in [6.07, 6.45) is 0.931. The Morgan fingerprint density at radius 3 is 2.11 bits per heavy atom. The molecule has 3 aromatic carbocycles. The maximum atomic E-state index is 13.2. The van der Waals surface area contributed by atoms with Crippen LogP contribution >= 0.6 is 0 Å². The highest BCUT2D eigenvalue weighted by atomic mass is 16.2. The second kappa shape index (κ2) is 11.9. The van der Waals surface area contributed by atoms with E-state index < -0.39 is 29.9 Å². The average Bonchev–Trinajstić information content (AvgIpc) is 2.86. The van der Waals surface area contributed by atoms with E-state index in [-0.39, 0.29) is 18.2 Å². The highest BCUT2D eigenvalue weighted by Crippen LogP contribution is 2.18. The van der Waals surface area contributed by atoms with Gasteiger partial charge in [-0.3, -0.25) is 14.4 Å². The van der Waals surface area contributed by atoms with Crippen molar-refractivity contribution in [3.8, 4) is 0 Å². The van der Waals surface area contributed by atoms with Crippen molar-refractivity contribution in [3.05, 3.63) is 83.9 Å². The molecule has 0 aliphatic rings. The van der Waals surface area contributed by atoms with Gasteiger partial charge in [0.25, 0.3) is 5.91 Å². The Kier molecular flexibility index (Phi) is 8.73. The maximum absolute atomic E-state index is 13.2. The molecule has 7 heteroatoms. The molecule has 7 nitrogen and oxygen atoms in total. The minimum Gasteiger partial charge on any atom is -0.345 e. The smallest absolute Gasteiger partial charge is 0.252 e. The topological polar surface area (TPSA) is 104 Å². The molecule has 0 heterocycles. The van der Waals surface area contributed by atoms with Crippen molar-refractivity contribution in [2.75, 3.05) is 0 Å². The largest absolute Gasteiger partial charge is 0.345 e. The lowest BCUT2D eigenvalue weighted by atomic mass is 10.0. The number of aldehydes is 1. The summed E-state index contributed by atoms with van der Waals surface area (Å²) in [5.41, 5.74) is 1.33. The van der Waals surface area contributed by atoms with Gasteiger partial charge in [0.1, 0.15) is 18.4 Å². The fourth-order valence-electron chi connectivity index (χ4n) is 3.75. The zero-order valence-electron chi connectivity index (χ0n) is 20.2. The van der Waals surface area contributed by atoms with E-state index >= 15 is 0 Å². The third-order valence-corrected chi connectivity index (χ3v) is 5.86. The zero-order valence-corrected chi connectivity index (χ0v) is 20.2. The van der Waals surface area contributed by atoms with Crippen molar-refractivity contribution < 1.29 is 19.2 Å². The lowest BCUT2D eigenvalue weighted by Gasteiger charge is -2.23. The molecule has 0 unspecified atom stereocenters. The van der Waals surface area contributed by atoms with Gasteiger partial charge in [-0.25, -0.2) is 0 Å². The van der Waals surface area contributed by atoms with Gasteiger partial charge in [0.2, 0.25) is 11.8 Å². The molecule has 3 amide bonds. The van der Waals surface area contributed by atoms with Crippen LogP contribution in [0.5, 0.6) is 0 Å². The van der Waals surface area contributed by atoms with Gasteiger partial charge in [-0.1, -0.05) is 80.6 Å². The van der Waals surface area contributed by atoms with Crippen LogP contribution in [-0.4, -0.2) is 42.1 Å². The van der Waals surface area contributed by atoms with E-state index in [4.69, 9.17) is 0 Å². The Bertz CT molecular complexity index is 1190. The van der Waals surface area contributed by atoms with Crippen molar-refractivity contribution in [1.29, 1.82) is 0 Å². The number of carbonyl (C=O) groups excluding carboxylic acids is 4. The summed E-state index contributed by atoms with van der Waals surface area (Å²) in [5, 5.41) is 9.87. The summed E-state index contributed by atoms with van der Waals surface area (Å²) < 4.78 is 0. The first-order valence-corrected chi connectivity index (χ1v) is 11.7. The number of fused-ring (bicyclic) bond motifs is 1. The minimum atomic E-state index is -0.911. The van der Waals surface area contributed by atoms with E-state index in [0.717, 1.165) is 16.3 Å². The van der Waals surface area contributed by atoms with Gasteiger partial charge in [-0.15, -0.1) is 0 Å². The van der Waals surface area contributed by atoms with Crippen molar-refractivity contribution in [2.24, 2.45) is 5.92 Å². The molecule has 0 radical (unpaired) electrons. The Balaban J connectivity index is 1.78. The molecule has 0 saturated carbocycles. The second-order valence-corrected chi connectivity index (χ2v) is 8.89. The predicted molar refractivity (Wildman–Crippen MR) is 136 cm³/mol. The highest BCUT2D eigenvalue weighted by molar-refractivity contribution is 6.08. The van der Waals surface area contributed by atoms with E-state index in [0.29, 0.717) is 11.8 Å². The third kappa shape index (κ3) is 6.76. The average molecular weight is 474 g/mol. The number of benzene rings is 3. The Morgan fingerprint density at radius 1 is 0.771 bits per heavy atom. The molecule has 0 fully saturated rings. The summed E-state index contributed by atoms with van der Waals surface area (Å²) in [4.78, 5) is 50.2. The molecular weight excluding hydrogens is 442 g/mol. The van der Waals surface area contributed by atoms with Crippen LogP contribution < -0.4 is 16.0 Å². The summed E-state index contributed by atoms with van der Waals surface area (Å²) in [6, 6.07) is 19.9. The summed E-state index contributed by atoms with van der Waals surface area (Å²) in [7, 11) is 0. The van der Waals surface area contributed by atoms with Gasteiger partial charge >= 0.3 is 0 Å². The van der Waals surface area contributed by atoms with Crippen molar-refractivity contribution in [3.63, 3.8) is 0 Å². The highest BCUT2D eigenvalue weighted by Gasteiger charge is 2.27. The first-order chi connectivity index (χ1) is 16.8. The zero-order chi connectivity index (χ0) is 25.4. The normalized spacial score (nSPS) is 13.5. The number of hydrogen-bond donors (Lipinski definition) is 3. The van der Waals surface area contributed by atoms with Crippen molar-refractivity contribution in [1.82, 2.24) is 16.0 Å². The Hall–Kier alpha value is -4.00. The van der Waals surface area contributed by atoms with Crippen molar-refractivity contribution >= 4 is 34.8 Å². The summed E-state index contributed by atoms with van der Waals surface area (Å²) in [5.74, 6) is -1.42. The van der Waals surface area contributed by atoms with Gasteiger partial charge in [0.15, 0.2) is 0 Å². The van der Waals surface area contributed by atoms with E-state index in [2.05, 4.69) is 16.0 Å². The monoisotopic (exact) mass is 473 g/mol. The standard InChI is InChI=1S/C28H31N3O4/c1-18(2)25(17-32)31-26(33)19(3)29-28(35)24(16-20-10-5-4-6-11-20)30-27(34)23-15-9-13-21-12-7-8-14-22(21)23/h4-15,17-19,24-25H,16H2,1-3H3,(H,29,35)(H,30,34)(H,31,33)/t19-,24-,25+/m0/s1. The fourth-order valence-corrected chi connectivity index (χ4v) is 3.75. The molecule has 0 saturated heterocycles. The van der Waals surface area contributed by atoms with E-state index in [1.54, 1.807) is 19.1 Å². The Labute approximate surface area is 205 Å². The molecule has 0 bridgehead atoms. The number of rotatable bonds is 10. The maximum Gasteiger partial charge on any atom is 0.252 e. The van der Waals surface area contributed by atoms with Gasteiger partial charge in [-0.2, -0.15) is 0 Å². The number of hydrogen-bond acceptors (Lipinski definition) is 4.